The smallest absolute Gasteiger partial charge is 0.311 e. The normalized spacial score (nSPS) is 16.3. The molecule has 1 saturated heterocycles. The number of nitro benzene ring substituents is 1. The van der Waals surface area contributed by atoms with Gasteiger partial charge in [0.05, 0.1) is 10.5 Å². The first-order valence-corrected chi connectivity index (χ1v) is 6.87. The van der Waals surface area contributed by atoms with Crippen LogP contribution in [0.15, 0.2) is 18.2 Å². The molecule has 1 aromatic rings. The van der Waals surface area contributed by atoms with Crippen molar-refractivity contribution in [1.29, 1.82) is 0 Å². The Labute approximate surface area is 117 Å². The second-order valence-corrected chi connectivity index (χ2v) is 4.99. The van der Waals surface area contributed by atoms with Crippen molar-refractivity contribution in [2.24, 2.45) is 0 Å². The average molecular weight is 278 g/mol. The maximum Gasteiger partial charge on any atom is 0.311 e. The van der Waals surface area contributed by atoms with Crippen molar-refractivity contribution in [3.05, 3.63) is 33.9 Å². The van der Waals surface area contributed by atoms with Gasteiger partial charge < -0.3 is 10.0 Å². The molecule has 1 N–H and O–H groups in total. The molecule has 0 atom stereocenters. The summed E-state index contributed by atoms with van der Waals surface area (Å²) in [5.41, 5.74) is -0.414. The SMILES string of the molecule is O=C(c1cccc([N+](=O)[O-])c1O)N1CCCCCCC1. The maximum absolute atomic E-state index is 12.4. The molecule has 2 rings (SSSR count). The van der Waals surface area contributed by atoms with E-state index in [9.17, 15) is 20.0 Å². The molecule has 108 valence electrons. The first-order valence-electron chi connectivity index (χ1n) is 6.87. The quantitative estimate of drug-likeness (QED) is 0.666. The third-order valence-electron chi connectivity index (χ3n) is 3.59. The van der Waals surface area contributed by atoms with E-state index in [1.165, 1.54) is 24.6 Å². The number of amides is 1. The third kappa shape index (κ3) is 3.07. The van der Waals surface area contributed by atoms with Crippen LogP contribution in [0.25, 0.3) is 0 Å². The fraction of sp³-hybridized carbons (Fsp3) is 0.500. The van der Waals surface area contributed by atoms with Crippen molar-refractivity contribution in [2.75, 3.05) is 13.1 Å². The standard InChI is InChI=1S/C14H18N2O4/c17-13-11(7-6-8-12(13)16(19)20)14(18)15-9-4-2-1-3-5-10-15/h6-8,17H,1-5,9-10H2. The van der Waals surface area contributed by atoms with Gasteiger partial charge in [-0.25, -0.2) is 0 Å². The van der Waals surface area contributed by atoms with Gasteiger partial charge in [0.25, 0.3) is 5.91 Å². The molecule has 0 bridgehead atoms. The van der Waals surface area contributed by atoms with Crippen LogP contribution in [0.1, 0.15) is 42.5 Å². The monoisotopic (exact) mass is 278 g/mol. The first-order chi connectivity index (χ1) is 9.61. The van der Waals surface area contributed by atoms with Crippen LogP contribution in [0.2, 0.25) is 0 Å². The van der Waals surface area contributed by atoms with Crippen LogP contribution in [0.4, 0.5) is 5.69 Å². The highest BCUT2D eigenvalue weighted by Gasteiger charge is 2.24. The third-order valence-corrected chi connectivity index (χ3v) is 3.59. The molecule has 0 aromatic heterocycles. The van der Waals surface area contributed by atoms with Crippen molar-refractivity contribution in [3.63, 3.8) is 0 Å². The predicted molar refractivity (Wildman–Crippen MR) is 73.7 cm³/mol. The van der Waals surface area contributed by atoms with Gasteiger partial charge in [-0.05, 0) is 18.9 Å². The largest absolute Gasteiger partial charge is 0.502 e. The number of aromatic hydroxyl groups is 1. The Morgan fingerprint density at radius 2 is 1.75 bits per heavy atom. The molecule has 1 aliphatic heterocycles. The molecular formula is C14H18N2O4. The summed E-state index contributed by atoms with van der Waals surface area (Å²) in [5, 5.41) is 20.7. The van der Waals surface area contributed by atoms with Crippen molar-refractivity contribution in [2.45, 2.75) is 32.1 Å². The highest BCUT2D eigenvalue weighted by molar-refractivity contribution is 5.98. The Balaban J connectivity index is 2.23. The highest BCUT2D eigenvalue weighted by atomic mass is 16.6. The van der Waals surface area contributed by atoms with Gasteiger partial charge in [-0.2, -0.15) is 0 Å². The van der Waals surface area contributed by atoms with Gasteiger partial charge >= 0.3 is 5.69 Å². The van der Waals surface area contributed by atoms with Crippen LogP contribution in [0, 0.1) is 10.1 Å². The van der Waals surface area contributed by atoms with E-state index >= 15 is 0 Å². The lowest BCUT2D eigenvalue weighted by molar-refractivity contribution is -0.385. The van der Waals surface area contributed by atoms with E-state index in [0.717, 1.165) is 25.7 Å². The summed E-state index contributed by atoms with van der Waals surface area (Å²) in [6, 6.07) is 4.05. The Morgan fingerprint density at radius 3 is 2.35 bits per heavy atom. The van der Waals surface area contributed by atoms with E-state index in [1.54, 1.807) is 4.90 Å². The molecule has 6 nitrogen and oxygen atoms in total. The van der Waals surface area contributed by atoms with Crippen LogP contribution in [0.3, 0.4) is 0 Å². The molecule has 1 amide bonds. The zero-order valence-electron chi connectivity index (χ0n) is 11.2. The zero-order valence-corrected chi connectivity index (χ0v) is 11.2. The minimum atomic E-state index is -0.681. The number of carbonyl (C=O) groups is 1. The average Bonchev–Trinajstić information content (AvgIpc) is 2.37. The van der Waals surface area contributed by atoms with Crippen molar-refractivity contribution >= 4 is 11.6 Å². The maximum atomic E-state index is 12.4. The Hall–Kier alpha value is -2.11. The molecule has 0 spiro atoms. The van der Waals surface area contributed by atoms with E-state index in [0.29, 0.717) is 13.1 Å². The number of likely N-dealkylation sites (tertiary alicyclic amines) is 1. The number of carbonyl (C=O) groups excluding carboxylic acids is 1. The van der Waals surface area contributed by atoms with Crippen LogP contribution in [-0.2, 0) is 0 Å². The number of phenols is 1. The molecule has 20 heavy (non-hydrogen) atoms. The van der Waals surface area contributed by atoms with E-state index in [2.05, 4.69) is 0 Å². The molecule has 0 unspecified atom stereocenters. The van der Waals surface area contributed by atoms with Gasteiger partial charge in [0.1, 0.15) is 0 Å². The molecular weight excluding hydrogens is 260 g/mol. The first kappa shape index (κ1) is 14.3. The Bertz CT molecular complexity index is 508. The number of rotatable bonds is 2. The number of hydrogen-bond donors (Lipinski definition) is 1. The summed E-state index contributed by atoms with van der Waals surface area (Å²) in [5.74, 6) is -0.863. The summed E-state index contributed by atoms with van der Waals surface area (Å²) >= 11 is 0. The molecule has 0 aliphatic carbocycles. The summed E-state index contributed by atoms with van der Waals surface area (Å²) < 4.78 is 0. The second-order valence-electron chi connectivity index (χ2n) is 4.99. The number of nitrogens with zero attached hydrogens (tertiary/aromatic N) is 2. The number of phenolic OH excluding ortho intramolecular Hbond substituents is 1. The topological polar surface area (TPSA) is 83.7 Å². The Morgan fingerprint density at radius 1 is 1.15 bits per heavy atom. The van der Waals surface area contributed by atoms with E-state index in [1.807, 2.05) is 0 Å². The highest BCUT2D eigenvalue weighted by Crippen LogP contribution is 2.30. The summed E-state index contributed by atoms with van der Waals surface area (Å²) in [7, 11) is 0. The lowest BCUT2D eigenvalue weighted by Gasteiger charge is -2.25. The molecule has 1 aliphatic rings. The number of benzene rings is 1. The van der Waals surface area contributed by atoms with Crippen LogP contribution < -0.4 is 0 Å². The molecule has 0 saturated carbocycles. The van der Waals surface area contributed by atoms with Gasteiger partial charge in [0, 0.05) is 19.2 Å². The number of nitro groups is 1. The fourth-order valence-electron chi connectivity index (χ4n) is 2.47. The van der Waals surface area contributed by atoms with Gasteiger partial charge in [-0.1, -0.05) is 25.3 Å². The lowest BCUT2D eigenvalue weighted by Crippen LogP contribution is -2.33. The molecule has 1 aromatic carbocycles. The van der Waals surface area contributed by atoms with Crippen LogP contribution in [0.5, 0.6) is 5.75 Å². The summed E-state index contributed by atoms with van der Waals surface area (Å²) in [6.45, 7) is 1.28. The molecule has 1 fully saturated rings. The van der Waals surface area contributed by atoms with Gasteiger partial charge in [-0.15, -0.1) is 0 Å². The zero-order chi connectivity index (χ0) is 14.5. The predicted octanol–water partition coefficient (Wildman–Crippen LogP) is 2.71. The summed E-state index contributed by atoms with van der Waals surface area (Å²) in [4.78, 5) is 24.2. The van der Waals surface area contributed by atoms with Crippen LogP contribution >= 0.6 is 0 Å². The minimum Gasteiger partial charge on any atom is -0.502 e. The molecule has 1 heterocycles. The molecule has 0 radical (unpaired) electrons. The van der Waals surface area contributed by atoms with Gasteiger partial charge in [-0.3, -0.25) is 14.9 Å². The molecule has 6 heteroatoms. The van der Waals surface area contributed by atoms with E-state index < -0.39 is 16.4 Å². The van der Waals surface area contributed by atoms with E-state index in [-0.39, 0.29) is 11.5 Å². The summed E-state index contributed by atoms with van der Waals surface area (Å²) in [6.07, 6.45) is 5.22. The second kappa shape index (κ2) is 6.36. The fourth-order valence-corrected chi connectivity index (χ4v) is 2.47. The minimum absolute atomic E-state index is 0.0137. The number of hydrogen-bond acceptors (Lipinski definition) is 4. The van der Waals surface area contributed by atoms with Crippen molar-refractivity contribution in [3.8, 4) is 5.75 Å². The Kier molecular flexibility index (Phi) is 4.55. The van der Waals surface area contributed by atoms with Gasteiger partial charge in [0.2, 0.25) is 5.75 Å². The van der Waals surface area contributed by atoms with E-state index in [4.69, 9.17) is 0 Å². The van der Waals surface area contributed by atoms with Crippen LogP contribution in [-0.4, -0.2) is 33.9 Å². The van der Waals surface area contributed by atoms with Crippen molar-refractivity contribution in [1.82, 2.24) is 4.90 Å². The van der Waals surface area contributed by atoms with Gasteiger partial charge in [0.15, 0.2) is 0 Å². The van der Waals surface area contributed by atoms with Crippen molar-refractivity contribution < 1.29 is 14.8 Å². The number of para-hydroxylation sites is 1. The lowest BCUT2D eigenvalue weighted by atomic mass is 10.1.